The summed E-state index contributed by atoms with van der Waals surface area (Å²) in [6.07, 6.45) is -1.07. The number of esters is 2. The standard InChI is InChI=1S/C22H27NO7/c1-7-28-17-11-15(9-10-16(17)27-6)21(25)30-14(5)20(24)19-12(3)18(13(4)23-19)22(26)29-8-2/h9-11,14,23H,7-8H2,1-6H3. The molecule has 0 aliphatic heterocycles. The van der Waals surface area contributed by atoms with Crippen LogP contribution in [-0.4, -0.2) is 49.1 Å². The summed E-state index contributed by atoms with van der Waals surface area (Å²) in [5.74, 6) is -0.733. The Morgan fingerprint density at radius 2 is 1.73 bits per heavy atom. The van der Waals surface area contributed by atoms with Crippen LogP contribution in [0.5, 0.6) is 11.5 Å². The summed E-state index contributed by atoms with van der Waals surface area (Å²) in [7, 11) is 1.50. The Morgan fingerprint density at radius 1 is 1.03 bits per heavy atom. The Morgan fingerprint density at radius 3 is 2.33 bits per heavy atom. The molecule has 0 amide bonds. The maximum atomic E-state index is 12.8. The molecule has 0 aliphatic carbocycles. The van der Waals surface area contributed by atoms with Gasteiger partial charge in [0, 0.05) is 5.69 Å². The van der Waals surface area contributed by atoms with Crippen LogP contribution in [0.25, 0.3) is 0 Å². The zero-order chi connectivity index (χ0) is 22.4. The molecule has 2 rings (SSSR count). The van der Waals surface area contributed by atoms with Gasteiger partial charge in [-0.2, -0.15) is 0 Å². The first-order valence-corrected chi connectivity index (χ1v) is 9.67. The Bertz CT molecular complexity index is 945. The molecule has 1 N–H and O–H groups in total. The van der Waals surface area contributed by atoms with Gasteiger partial charge < -0.3 is 23.9 Å². The fraction of sp³-hybridized carbons (Fsp3) is 0.409. The number of Topliss-reactive ketones (excluding diaryl/α,β-unsaturated/α-hetero) is 1. The molecular weight excluding hydrogens is 390 g/mol. The van der Waals surface area contributed by atoms with Crippen molar-refractivity contribution in [3.05, 3.63) is 46.3 Å². The summed E-state index contributed by atoms with van der Waals surface area (Å²) >= 11 is 0. The monoisotopic (exact) mass is 417 g/mol. The number of benzene rings is 1. The maximum Gasteiger partial charge on any atom is 0.340 e. The number of aromatic amines is 1. The largest absolute Gasteiger partial charge is 0.493 e. The van der Waals surface area contributed by atoms with Crippen molar-refractivity contribution in [2.75, 3.05) is 20.3 Å². The van der Waals surface area contributed by atoms with Gasteiger partial charge >= 0.3 is 11.9 Å². The fourth-order valence-corrected chi connectivity index (χ4v) is 3.06. The van der Waals surface area contributed by atoms with E-state index in [4.69, 9.17) is 18.9 Å². The second kappa shape index (κ2) is 9.96. The predicted molar refractivity (Wildman–Crippen MR) is 110 cm³/mol. The van der Waals surface area contributed by atoms with Gasteiger partial charge in [-0.25, -0.2) is 9.59 Å². The van der Waals surface area contributed by atoms with Crippen LogP contribution in [0.2, 0.25) is 0 Å². The quantitative estimate of drug-likeness (QED) is 0.491. The van der Waals surface area contributed by atoms with Crippen LogP contribution in [-0.2, 0) is 9.47 Å². The molecule has 1 heterocycles. The smallest absolute Gasteiger partial charge is 0.340 e. The summed E-state index contributed by atoms with van der Waals surface area (Å²) in [6.45, 7) is 8.96. The van der Waals surface area contributed by atoms with Gasteiger partial charge in [-0.15, -0.1) is 0 Å². The lowest BCUT2D eigenvalue weighted by Crippen LogP contribution is -2.25. The normalized spacial score (nSPS) is 11.5. The average molecular weight is 417 g/mol. The van der Waals surface area contributed by atoms with Gasteiger partial charge in [-0.3, -0.25) is 4.79 Å². The van der Waals surface area contributed by atoms with Crippen molar-refractivity contribution in [1.29, 1.82) is 0 Å². The molecule has 162 valence electrons. The molecule has 8 nitrogen and oxygen atoms in total. The highest BCUT2D eigenvalue weighted by atomic mass is 16.5. The molecule has 8 heteroatoms. The van der Waals surface area contributed by atoms with Gasteiger partial charge in [-0.1, -0.05) is 0 Å². The van der Waals surface area contributed by atoms with Crippen LogP contribution >= 0.6 is 0 Å². The number of nitrogens with one attached hydrogen (secondary N) is 1. The molecule has 1 aromatic carbocycles. The van der Waals surface area contributed by atoms with Gasteiger partial charge in [0.25, 0.3) is 0 Å². The fourth-order valence-electron chi connectivity index (χ4n) is 3.06. The van der Waals surface area contributed by atoms with Crippen LogP contribution in [0, 0.1) is 13.8 Å². The Labute approximate surface area is 175 Å². The predicted octanol–water partition coefficient (Wildman–Crippen LogP) is 3.64. The van der Waals surface area contributed by atoms with Gasteiger partial charge in [-0.05, 0) is 58.4 Å². The Balaban J connectivity index is 2.20. The summed E-state index contributed by atoms with van der Waals surface area (Å²) in [6, 6.07) is 4.63. The van der Waals surface area contributed by atoms with Crippen molar-refractivity contribution in [3.63, 3.8) is 0 Å². The lowest BCUT2D eigenvalue weighted by Gasteiger charge is -2.14. The third-order valence-electron chi connectivity index (χ3n) is 4.52. The van der Waals surface area contributed by atoms with E-state index in [1.54, 1.807) is 26.8 Å². The number of carbonyl (C=O) groups is 3. The summed E-state index contributed by atoms with van der Waals surface area (Å²) in [5.41, 5.74) is 1.73. The number of methoxy groups -OCH3 is 1. The Hall–Kier alpha value is -3.29. The first-order valence-electron chi connectivity index (χ1n) is 9.67. The van der Waals surface area contributed by atoms with Crippen LogP contribution in [0.4, 0.5) is 0 Å². The third kappa shape index (κ3) is 4.82. The van der Waals surface area contributed by atoms with Crippen LogP contribution in [0.1, 0.15) is 63.2 Å². The average Bonchev–Trinajstić information content (AvgIpc) is 3.01. The molecular formula is C22H27NO7. The number of hydrogen-bond acceptors (Lipinski definition) is 7. The molecule has 0 spiro atoms. The minimum Gasteiger partial charge on any atom is -0.493 e. The molecule has 0 saturated carbocycles. The highest BCUT2D eigenvalue weighted by Gasteiger charge is 2.28. The molecule has 30 heavy (non-hydrogen) atoms. The topological polar surface area (TPSA) is 104 Å². The van der Waals surface area contributed by atoms with Gasteiger partial charge in [0.1, 0.15) is 0 Å². The van der Waals surface area contributed by atoms with E-state index in [-0.39, 0.29) is 17.9 Å². The molecule has 0 bridgehead atoms. The van der Waals surface area contributed by atoms with E-state index in [0.717, 1.165) is 0 Å². The molecule has 0 saturated heterocycles. The zero-order valence-corrected chi connectivity index (χ0v) is 18.1. The van der Waals surface area contributed by atoms with Crippen molar-refractivity contribution >= 4 is 17.7 Å². The van der Waals surface area contributed by atoms with E-state index in [2.05, 4.69) is 4.98 Å². The van der Waals surface area contributed by atoms with E-state index >= 15 is 0 Å². The SMILES string of the molecule is CCOC(=O)c1c(C)[nH]c(C(=O)C(C)OC(=O)c2ccc(OC)c(OCC)c2)c1C. The summed E-state index contributed by atoms with van der Waals surface area (Å²) in [5, 5.41) is 0. The molecule has 0 aliphatic rings. The zero-order valence-electron chi connectivity index (χ0n) is 18.1. The third-order valence-corrected chi connectivity index (χ3v) is 4.52. The van der Waals surface area contributed by atoms with Crippen LogP contribution in [0.3, 0.4) is 0 Å². The Kier molecular flexibility index (Phi) is 7.63. The molecule has 1 atom stereocenters. The van der Waals surface area contributed by atoms with E-state index in [0.29, 0.717) is 34.9 Å². The second-order valence-corrected chi connectivity index (χ2v) is 6.56. The first kappa shape index (κ1) is 23.0. The molecule has 0 fully saturated rings. The van der Waals surface area contributed by atoms with E-state index in [9.17, 15) is 14.4 Å². The van der Waals surface area contributed by atoms with Gasteiger partial charge in [0.2, 0.25) is 5.78 Å². The van der Waals surface area contributed by atoms with Crippen molar-refractivity contribution in [2.45, 2.75) is 40.7 Å². The number of ketones is 1. The summed E-state index contributed by atoms with van der Waals surface area (Å²) in [4.78, 5) is 40.4. The van der Waals surface area contributed by atoms with E-state index in [1.165, 1.54) is 26.2 Å². The van der Waals surface area contributed by atoms with Crippen LogP contribution in [0.15, 0.2) is 18.2 Å². The van der Waals surface area contributed by atoms with Crippen molar-refractivity contribution in [3.8, 4) is 11.5 Å². The summed E-state index contributed by atoms with van der Waals surface area (Å²) < 4.78 is 21.1. The van der Waals surface area contributed by atoms with Gasteiger partial charge in [0.05, 0.1) is 37.1 Å². The minimum atomic E-state index is -1.07. The van der Waals surface area contributed by atoms with Crippen molar-refractivity contribution in [2.24, 2.45) is 0 Å². The number of hydrogen-bond donors (Lipinski definition) is 1. The lowest BCUT2D eigenvalue weighted by molar-refractivity contribution is 0.0316. The highest BCUT2D eigenvalue weighted by Crippen LogP contribution is 2.28. The first-order chi connectivity index (χ1) is 14.2. The van der Waals surface area contributed by atoms with Crippen molar-refractivity contribution in [1.82, 2.24) is 4.98 Å². The molecule has 1 aromatic heterocycles. The lowest BCUT2D eigenvalue weighted by atomic mass is 10.1. The number of aryl methyl sites for hydroxylation is 1. The number of carbonyl (C=O) groups excluding carboxylic acids is 3. The molecule has 1 unspecified atom stereocenters. The molecule has 0 radical (unpaired) electrons. The number of ether oxygens (including phenoxy) is 4. The number of rotatable bonds is 9. The van der Waals surface area contributed by atoms with Crippen LogP contribution < -0.4 is 9.47 Å². The number of H-pyrrole nitrogens is 1. The molecule has 2 aromatic rings. The highest BCUT2D eigenvalue weighted by molar-refractivity contribution is 6.04. The van der Waals surface area contributed by atoms with E-state index < -0.39 is 23.8 Å². The second-order valence-electron chi connectivity index (χ2n) is 6.56. The van der Waals surface area contributed by atoms with Gasteiger partial charge in [0.15, 0.2) is 17.6 Å². The maximum absolute atomic E-state index is 12.8. The van der Waals surface area contributed by atoms with E-state index in [1.807, 2.05) is 6.92 Å². The minimum absolute atomic E-state index is 0.209. The van der Waals surface area contributed by atoms with Crippen molar-refractivity contribution < 1.29 is 33.3 Å². The number of aromatic nitrogens is 1.